The van der Waals surface area contributed by atoms with Crippen LogP contribution in [0.3, 0.4) is 0 Å². The van der Waals surface area contributed by atoms with Crippen LogP contribution in [-0.2, 0) is 4.74 Å². The molecule has 0 radical (unpaired) electrons. The highest BCUT2D eigenvalue weighted by Crippen LogP contribution is 2.18. The number of methoxy groups -OCH3 is 1. The predicted molar refractivity (Wildman–Crippen MR) is 72.6 cm³/mol. The minimum absolute atomic E-state index is 0.0950. The molecule has 0 aromatic heterocycles. The van der Waals surface area contributed by atoms with Gasteiger partial charge in [-0.25, -0.2) is 8.78 Å². The third-order valence-electron chi connectivity index (χ3n) is 2.66. The standard InChI is InChI=1S/C13H16BrF2NO2/c1-8-4-5-10(15)11(12(8)16)13(18)17(2)6-9(14)7-19-3/h4-5,9H,6-7H2,1-3H3. The lowest BCUT2D eigenvalue weighted by Gasteiger charge is -2.21. The summed E-state index contributed by atoms with van der Waals surface area (Å²) in [5, 5.41) is 0. The van der Waals surface area contributed by atoms with Crippen LogP contribution in [0.2, 0.25) is 0 Å². The molecule has 6 heteroatoms. The lowest BCUT2D eigenvalue weighted by atomic mass is 10.1. The molecule has 106 valence electrons. The zero-order chi connectivity index (χ0) is 14.6. The van der Waals surface area contributed by atoms with Gasteiger partial charge in [0.15, 0.2) is 0 Å². The molecule has 1 aromatic carbocycles. The van der Waals surface area contributed by atoms with Crippen LogP contribution >= 0.6 is 15.9 Å². The van der Waals surface area contributed by atoms with Gasteiger partial charge in [-0.05, 0) is 18.6 Å². The first-order valence-corrected chi connectivity index (χ1v) is 6.63. The molecule has 0 N–H and O–H groups in total. The number of amides is 1. The van der Waals surface area contributed by atoms with Gasteiger partial charge >= 0.3 is 0 Å². The molecule has 1 unspecified atom stereocenters. The van der Waals surface area contributed by atoms with Gasteiger partial charge in [0.05, 0.1) is 11.4 Å². The lowest BCUT2D eigenvalue weighted by Crippen LogP contribution is -2.34. The number of hydrogen-bond donors (Lipinski definition) is 0. The molecule has 1 aromatic rings. The average molecular weight is 336 g/mol. The first-order chi connectivity index (χ1) is 8.88. The Hall–Kier alpha value is -1.01. The van der Waals surface area contributed by atoms with Crippen molar-refractivity contribution in [1.29, 1.82) is 0 Å². The van der Waals surface area contributed by atoms with Crippen molar-refractivity contribution in [2.45, 2.75) is 11.8 Å². The van der Waals surface area contributed by atoms with Gasteiger partial charge in [0.25, 0.3) is 5.91 Å². The van der Waals surface area contributed by atoms with Crippen LogP contribution in [0.1, 0.15) is 15.9 Å². The quantitative estimate of drug-likeness (QED) is 0.774. The second-order valence-corrected chi connectivity index (χ2v) is 5.59. The fourth-order valence-corrected chi connectivity index (χ4v) is 2.36. The van der Waals surface area contributed by atoms with Crippen molar-refractivity contribution in [2.75, 3.05) is 27.3 Å². The summed E-state index contributed by atoms with van der Waals surface area (Å²) in [4.78, 5) is 13.2. The average Bonchev–Trinajstić information content (AvgIpc) is 2.34. The summed E-state index contributed by atoms with van der Waals surface area (Å²) in [6.45, 7) is 2.18. The van der Waals surface area contributed by atoms with Gasteiger partial charge in [-0.15, -0.1) is 0 Å². The van der Waals surface area contributed by atoms with Crippen molar-refractivity contribution in [3.63, 3.8) is 0 Å². The van der Waals surface area contributed by atoms with E-state index in [4.69, 9.17) is 4.74 Å². The van der Waals surface area contributed by atoms with Gasteiger partial charge in [-0.3, -0.25) is 4.79 Å². The van der Waals surface area contributed by atoms with E-state index >= 15 is 0 Å². The minimum Gasteiger partial charge on any atom is -0.383 e. The molecule has 0 spiro atoms. The van der Waals surface area contributed by atoms with E-state index in [1.165, 1.54) is 32.0 Å². The smallest absolute Gasteiger partial charge is 0.259 e. The Morgan fingerprint density at radius 1 is 1.47 bits per heavy atom. The lowest BCUT2D eigenvalue weighted by molar-refractivity contribution is 0.0774. The highest BCUT2D eigenvalue weighted by atomic mass is 79.9. The Balaban J connectivity index is 2.91. The van der Waals surface area contributed by atoms with E-state index in [1.807, 2.05) is 0 Å². The molecule has 0 aliphatic heterocycles. The van der Waals surface area contributed by atoms with Gasteiger partial charge in [0.1, 0.15) is 17.2 Å². The number of carbonyl (C=O) groups is 1. The summed E-state index contributed by atoms with van der Waals surface area (Å²) in [5.74, 6) is -2.34. The maximum atomic E-state index is 13.8. The van der Waals surface area contributed by atoms with Gasteiger partial charge < -0.3 is 9.64 Å². The monoisotopic (exact) mass is 335 g/mol. The predicted octanol–water partition coefficient (Wildman–Crippen LogP) is 2.76. The molecule has 0 fully saturated rings. The minimum atomic E-state index is -0.849. The van der Waals surface area contributed by atoms with Crippen molar-refractivity contribution in [2.24, 2.45) is 0 Å². The van der Waals surface area contributed by atoms with Crippen LogP contribution in [0, 0.1) is 18.6 Å². The number of nitrogens with zero attached hydrogens (tertiary/aromatic N) is 1. The summed E-state index contributed by atoms with van der Waals surface area (Å²) < 4.78 is 32.4. The number of halogens is 3. The second kappa shape index (κ2) is 6.96. The summed E-state index contributed by atoms with van der Waals surface area (Å²) >= 11 is 3.32. The van der Waals surface area contributed by atoms with Crippen LogP contribution in [0.15, 0.2) is 12.1 Å². The molecule has 0 aliphatic rings. The number of hydrogen-bond acceptors (Lipinski definition) is 2. The molecule has 19 heavy (non-hydrogen) atoms. The first kappa shape index (κ1) is 16.0. The molecule has 0 saturated heterocycles. The zero-order valence-electron chi connectivity index (χ0n) is 11.0. The number of rotatable bonds is 5. The summed E-state index contributed by atoms with van der Waals surface area (Å²) in [6, 6.07) is 2.40. The summed E-state index contributed by atoms with van der Waals surface area (Å²) in [7, 11) is 3.03. The normalized spacial score (nSPS) is 12.3. The highest BCUT2D eigenvalue weighted by Gasteiger charge is 2.23. The van der Waals surface area contributed by atoms with Gasteiger partial charge in [-0.1, -0.05) is 22.0 Å². The Kier molecular flexibility index (Phi) is 5.87. The zero-order valence-corrected chi connectivity index (χ0v) is 12.6. The molecule has 0 bridgehead atoms. The molecular weight excluding hydrogens is 320 g/mol. The van der Waals surface area contributed by atoms with Crippen molar-refractivity contribution in [1.82, 2.24) is 4.90 Å². The van der Waals surface area contributed by atoms with Crippen LogP contribution in [0.25, 0.3) is 0 Å². The SMILES string of the molecule is COCC(Br)CN(C)C(=O)c1c(F)ccc(C)c1F. The molecule has 0 heterocycles. The van der Waals surface area contributed by atoms with E-state index in [-0.39, 0.29) is 10.4 Å². The third-order valence-corrected chi connectivity index (χ3v) is 3.22. The summed E-state index contributed by atoms with van der Waals surface area (Å²) in [6.07, 6.45) is 0. The van der Waals surface area contributed by atoms with Crippen LogP contribution in [-0.4, -0.2) is 42.9 Å². The van der Waals surface area contributed by atoms with E-state index in [2.05, 4.69) is 15.9 Å². The Morgan fingerprint density at radius 2 is 2.11 bits per heavy atom. The van der Waals surface area contributed by atoms with E-state index < -0.39 is 23.1 Å². The van der Waals surface area contributed by atoms with E-state index in [0.29, 0.717) is 13.2 Å². The van der Waals surface area contributed by atoms with Crippen LogP contribution < -0.4 is 0 Å². The molecule has 3 nitrogen and oxygen atoms in total. The maximum absolute atomic E-state index is 13.8. The van der Waals surface area contributed by atoms with Gasteiger partial charge in [-0.2, -0.15) is 0 Å². The Morgan fingerprint density at radius 3 is 2.68 bits per heavy atom. The van der Waals surface area contributed by atoms with Crippen LogP contribution in [0.4, 0.5) is 8.78 Å². The number of alkyl halides is 1. The second-order valence-electron chi connectivity index (χ2n) is 4.29. The van der Waals surface area contributed by atoms with Gasteiger partial charge in [0.2, 0.25) is 0 Å². The first-order valence-electron chi connectivity index (χ1n) is 5.71. The summed E-state index contributed by atoms with van der Waals surface area (Å²) in [5.41, 5.74) is -0.273. The molecule has 1 amide bonds. The topological polar surface area (TPSA) is 29.5 Å². The largest absolute Gasteiger partial charge is 0.383 e. The number of aryl methyl sites for hydroxylation is 1. The molecule has 0 saturated carbocycles. The van der Waals surface area contributed by atoms with Crippen molar-refractivity contribution in [3.8, 4) is 0 Å². The van der Waals surface area contributed by atoms with Gasteiger partial charge in [0, 0.05) is 20.7 Å². The Labute approximate surface area is 119 Å². The highest BCUT2D eigenvalue weighted by molar-refractivity contribution is 9.09. The maximum Gasteiger partial charge on any atom is 0.259 e. The van der Waals surface area contributed by atoms with Crippen molar-refractivity contribution >= 4 is 21.8 Å². The van der Waals surface area contributed by atoms with E-state index in [1.54, 1.807) is 0 Å². The molecule has 1 atom stereocenters. The third kappa shape index (κ3) is 3.98. The van der Waals surface area contributed by atoms with Crippen molar-refractivity contribution < 1.29 is 18.3 Å². The fourth-order valence-electron chi connectivity index (χ4n) is 1.66. The molecule has 1 rings (SSSR count). The van der Waals surface area contributed by atoms with Crippen LogP contribution in [0.5, 0.6) is 0 Å². The molecule has 0 aliphatic carbocycles. The fraction of sp³-hybridized carbons (Fsp3) is 0.462. The van der Waals surface area contributed by atoms with Crippen molar-refractivity contribution in [3.05, 3.63) is 34.9 Å². The molecular formula is C13H16BrF2NO2. The Bertz CT molecular complexity index is 468. The number of ether oxygens (including phenoxy) is 1. The van der Waals surface area contributed by atoms with E-state index in [0.717, 1.165) is 6.07 Å². The number of carbonyl (C=O) groups excluding carboxylic acids is 1. The number of benzene rings is 1. The van der Waals surface area contributed by atoms with E-state index in [9.17, 15) is 13.6 Å².